The molecule has 0 N–H and O–H groups in total. The number of carbonyl (C=O) groups is 1. The minimum atomic E-state index is -4.46. The van der Waals surface area contributed by atoms with Crippen molar-refractivity contribution < 1.29 is 32.2 Å². The summed E-state index contributed by atoms with van der Waals surface area (Å²) in [6.07, 6.45) is 2.34. The number of hydrogen-bond donors (Lipinski definition) is 0. The number of carbonyl (C=O) groups excluding carboxylic acids is 1. The number of rotatable bonds is 7. The third-order valence-electron chi connectivity index (χ3n) is 7.08. The summed E-state index contributed by atoms with van der Waals surface area (Å²) >= 11 is 0. The first-order chi connectivity index (χ1) is 16.8. The zero-order valence-corrected chi connectivity index (χ0v) is 20.2. The molecule has 0 bridgehead atoms. The molecule has 0 aromatic heterocycles. The Morgan fingerprint density at radius 3 is 2.43 bits per heavy atom. The molecule has 0 unspecified atom stereocenters. The van der Waals surface area contributed by atoms with Crippen LogP contribution in [0.2, 0.25) is 0 Å². The second kappa shape index (κ2) is 10.8. The topological polar surface area (TPSA) is 48.0 Å². The second-order valence-corrected chi connectivity index (χ2v) is 9.30. The van der Waals surface area contributed by atoms with Crippen molar-refractivity contribution in [3.05, 3.63) is 53.1 Å². The van der Waals surface area contributed by atoms with Crippen LogP contribution in [0.3, 0.4) is 0 Å². The van der Waals surface area contributed by atoms with Crippen LogP contribution < -0.4 is 14.2 Å². The molecule has 1 saturated carbocycles. The maximum atomic E-state index is 13.4. The van der Waals surface area contributed by atoms with Crippen molar-refractivity contribution in [1.82, 2.24) is 4.90 Å². The molecule has 2 aromatic rings. The van der Waals surface area contributed by atoms with E-state index in [4.69, 9.17) is 14.2 Å². The summed E-state index contributed by atoms with van der Waals surface area (Å²) < 4.78 is 56.3. The van der Waals surface area contributed by atoms with Gasteiger partial charge in [-0.15, -0.1) is 0 Å². The number of fused-ring (bicyclic) bond motifs is 1. The maximum Gasteiger partial charge on any atom is 0.416 e. The summed E-state index contributed by atoms with van der Waals surface area (Å²) in [4.78, 5) is 15.3. The highest BCUT2D eigenvalue weighted by atomic mass is 19.4. The van der Waals surface area contributed by atoms with Crippen LogP contribution in [0.25, 0.3) is 0 Å². The van der Waals surface area contributed by atoms with Gasteiger partial charge in [-0.25, -0.2) is 0 Å². The third-order valence-corrected chi connectivity index (χ3v) is 7.08. The molecule has 1 aliphatic carbocycles. The van der Waals surface area contributed by atoms with Crippen LogP contribution in [-0.4, -0.2) is 38.2 Å². The second-order valence-electron chi connectivity index (χ2n) is 9.30. The number of amides is 1. The summed E-state index contributed by atoms with van der Waals surface area (Å²) in [5.74, 6) is 1.71. The number of alkyl halides is 3. The predicted molar refractivity (Wildman–Crippen MR) is 126 cm³/mol. The van der Waals surface area contributed by atoms with Gasteiger partial charge in [-0.05, 0) is 66.6 Å². The zero-order valence-electron chi connectivity index (χ0n) is 20.2. The first-order valence-corrected chi connectivity index (χ1v) is 12.1. The maximum absolute atomic E-state index is 13.4. The van der Waals surface area contributed by atoms with Gasteiger partial charge in [0, 0.05) is 13.0 Å². The molecule has 190 valence electrons. The van der Waals surface area contributed by atoms with Crippen molar-refractivity contribution in [2.24, 2.45) is 5.92 Å². The Kier molecular flexibility index (Phi) is 7.77. The average Bonchev–Trinajstić information content (AvgIpc) is 2.86. The molecule has 1 heterocycles. The number of nitrogens with zero attached hydrogens (tertiary/aromatic N) is 1. The van der Waals surface area contributed by atoms with Crippen LogP contribution in [0.4, 0.5) is 13.2 Å². The highest BCUT2D eigenvalue weighted by molar-refractivity contribution is 5.77. The van der Waals surface area contributed by atoms with E-state index in [0.29, 0.717) is 36.8 Å². The Morgan fingerprint density at radius 1 is 1.03 bits per heavy atom. The molecule has 0 radical (unpaired) electrons. The van der Waals surface area contributed by atoms with E-state index in [1.807, 2.05) is 17.0 Å². The van der Waals surface area contributed by atoms with Gasteiger partial charge in [-0.2, -0.15) is 13.2 Å². The van der Waals surface area contributed by atoms with E-state index < -0.39 is 17.8 Å². The quantitative estimate of drug-likeness (QED) is 0.463. The van der Waals surface area contributed by atoms with Gasteiger partial charge in [0.1, 0.15) is 12.4 Å². The Hall–Kier alpha value is -2.90. The number of methoxy groups -OCH3 is 2. The minimum Gasteiger partial charge on any atom is -0.493 e. The lowest BCUT2D eigenvalue weighted by Gasteiger charge is -2.38. The fraction of sp³-hybridized carbons (Fsp3) is 0.519. The van der Waals surface area contributed by atoms with Crippen LogP contribution >= 0.6 is 0 Å². The Bertz CT molecular complexity index is 1030. The first-order valence-electron chi connectivity index (χ1n) is 12.1. The van der Waals surface area contributed by atoms with Gasteiger partial charge in [0.05, 0.1) is 25.8 Å². The molecule has 2 aromatic carbocycles. The smallest absolute Gasteiger partial charge is 0.416 e. The predicted octanol–water partition coefficient (Wildman–Crippen LogP) is 6.20. The molecule has 1 fully saturated rings. The Labute approximate surface area is 204 Å². The van der Waals surface area contributed by atoms with Crippen molar-refractivity contribution in [2.75, 3.05) is 27.4 Å². The fourth-order valence-corrected chi connectivity index (χ4v) is 5.20. The van der Waals surface area contributed by atoms with Crippen molar-refractivity contribution in [1.29, 1.82) is 0 Å². The van der Waals surface area contributed by atoms with Crippen LogP contribution in [-0.2, 0) is 17.4 Å². The lowest BCUT2D eigenvalue weighted by atomic mass is 9.85. The van der Waals surface area contributed by atoms with E-state index in [1.54, 1.807) is 14.2 Å². The summed E-state index contributed by atoms with van der Waals surface area (Å²) in [6.45, 7) is 0.560. The van der Waals surface area contributed by atoms with Crippen molar-refractivity contribution >= 4 is 5.91 Å². The molecular weight excluding hydrogens is 459 g/mol. The SMILES string of the molecule is COc1cc2c(cc1OC)[C@H](COc1cccc(C(F)(F)F)c1)N(C(=O)CC1CCCCC1)CC2. The van der Waals surface area contributed by atoms with Gasteiger partial charge >= 0.3 is 6.18 Å². The number of halogens is 3. The van der Waals surface area contributed by atoms with Crippen molar-refractivity contribution in [3.8, 4) is 17.2 Å². The molecule has 2 aliphatic rings. The highest BCUT2D eigenvalue weighted by Crippen LogP contribution is 2.40. The molecule has 5 nitrogen and oxygen atoms in total. The van der Waals surface area contributed by atoms with E-state index in [1.165, 1.54) is 18.6 Å². The average molecular weight is 492 g/mol. The number of benzene rings is 2. The summed E-state index contributed by atoms with van der Waals surface area (Å²) in [7, 11) is 3.12. The lowest BCUT2D eigenvalue weighted by Crippen LogP contribution is -2.43. The summed E-state index contributed by atoms with van der Waals surface area (Å²) in [5, 5.41) is 0. The Balaban J connectivity index is 1.61. The normalized spacial score (nSPS) is 18.7. The van der Waals surface area contributed by atoms with Gasteiger partial charge in [0.2, 0.25) is 5.91 Å². The molecule has 4 rings (SSSR count). The Morgan fingerprint density at radius 2 is 1.74 bits per heavy atom. The van der Waals surface area contributed by atoms with Crippen molar-refractivity contribution in [3.63, 3.8) is 0 Å². The highest BCUT2D eigenvalue weighted by Gasteiger charge is 2.34. The van der Waals surface area contributed by atoms with Gasteiger partial charge < -0.3 is 19.1 Å². The zero-order chi connectivity index (χ0) is 25.0. The molecule has 35 heavy (non-hydrogen) atoms. The number of ether oxygens (including phenoxy) is 3. The third kappa shape index (κ3) is 5.85. The molecule has 0 spiro atoms. The van der Waals surface area contributed by atoms with E-state index in [2.05, 4.69) is 0 Å². The number of hydrogen-bond acceptors (Lipinski definition) is 4. The van der Waals surface area contributed by atoms with E-state index in [9.17, 15) is 18.0 Å². The van der Waals surface area contributed by atoms with Crippen LogP contribution in [0.5, 0.6) is 17.2 Å². The monoisotopic (exact) mass is 491 g/mol. The molecule has 0 saturated heterocycles. The fourth-order valence-electron chi connectivity index (χ4n) is 5.20. The van der Waals surface area contributed by atoms with Crippen LogP contribution in [0, 0.1) is 5.92 Å². The van der Waals surface area contributed by atoms with E-state index in [0.717, 1.165) is 48.9 Å². The lowest BCUT2D eigenvalue weighted by molar-refractivity contribution is -0.137. The standard InChI is InChI=1S/C27H32F3NO4/c1-33-24-14-19-11-12-31(26(32)13-18-7-4-3-5-8-18)23(22(19)16-25(24)34-2)17-35-21-10-6-9-20(15-21)27(28,29)30/h6,9-10,14-16,18,23H,3-5,7-8,11-13,17H2,1-2H3/t23-/m0/s1. The van der Waals surface area contributed by atoms with Crippen molar-refractivity contribution in [2.45, 2.75) is 57.2 Å². The van der Waals surface area contributed by atoms with E-state index >= 15 is 0 Å². The van der Waals surface area contributed by atoms with E-state index in [-0.39, 0.29) is 18.3 Å². The van der Waals surface area contributed by atoms with Crippen LogP contribution in [0.1, 0.15) is 61.3 Å². The van der Waals surface area contributed by atoms with Gasteiger partial charge in [-0.1, -0.05) is 25.3 Å². The van der Waals surface area contributed by atoms with Crippen LogP contribution in [0.15, 0.2) is 36.4 Å². The summed E-state index contributed by atoms with van der Waals surface area (Å²) in [5.41, 5.74) is 1.12. The first kappa shape index (κ1) is 25.2. The molecule has 1 aliphatic heterocycles. The minimum absolute atomic E-state index is 0.0419. The molecule has 1 amide bonds. The summed E-state index contributed by atoms with van der Waals surface area (Å²) in [6, 6.07) is 8.16. The largest absolute Gasteiger partial charge is 0.493 e. The van der Waals surface area contributed by atoms with Gasteiger partial charge in [0.15, 0.2) is 11.5 Å². The van der Waals surface area contributed by atoms with Gasteiger partial charge in [-0.3, -0.25) is 4.79 Å². The molecule has 8 heteroatoms. The van der Waals surface area contributed by atoms with Gasteiger partial charge in [0.25, 0.3) is 0 Å². The molecular formula is C27H32F3NO4. The molecule has 1 atom stereocenters.